The molecule has 4 heterocycles. The number of halogens is 3. The third-order valence-corrected chi connectivity index (χ3v) is 7.66. The van der Waals surface area contributed by atoms with Crippen LogP contribution in [0.25, 0.3) is 11.3 Å². The van der Waals surface area contributed by atoms with Gasteiger partial charge >= 0.3 is 6.18 Å². The number of amides is 1. The van der Waals surface area contributed by atoms with Crippen molar-refractivity contribution in [1.29, 1.82) is 5.26 Å². The zero-order valence-corrected chi connectivity index (χ0v) is 22.0. The molecule has 0 aliphatic carbocycles. The van der Waals surface area contributed by atoms with Crippen LogP contribution >= 0.6 is 0 Å². The molecule has 8 nitrogen and oxygen atoms in total. The fourth-order valence-corrected chi connectivity index (χ4v) is 5.66. The van der Waals surface area contributed by atoms with Crippen molar-refractivity contribution in [2.24, 2.45) is 5.73 Å². The minimum atomic E-state index is -4.52. The van der Waals surface area contributed by atoms with E-state index >= 15 is 0 Å². The van der Waals surface area contributed by atoms with Gasteiger partial charge in [0, 0.05) is 49.8 Å². The molecular formula is C29H29F3N6O2. The largest absolute Gasteiger partial charge is 0.477 e. The Morgan fingerprint density at radius 1 is 1.20 bits per heavy atom. The topological polar surface area (TPSA) is 108 Å². The van der Waals surface area contributed by atoms with E-state index in [2.05, 4.69) is 4.98 Å². The molecule has 2 aliphatic heterocycles. The number of pyridine rings is 2. The number of carbonyl (C=O) groups excluding carboxylic acids is 1. The Hall–Kier alpha value is -4.17. The second kappa shape index (κ2) is 10.8. The van der Waals surface area contributed by atoms with Gasteiger partial charge in [-0.15, -0.1) is 0 Å². The SMILES string of the molecule is CCOc1ncccc1-c1ccc2c(n1)N(C(=O)CCN)CC21CCN(c2ccc(C(F)(F)F)cc2C#N)CC1. The van der Waals surface area contributed by atoms with E-state index in [1.165, 1.54) is 6.07 Å². The summed E-state index contributed by atoms with van der Waals surface area (Å²) in [6.07, 6.45) is -1.42. The summed E-state index contributed by atoms with van der Waals surface area (Å²) < 4.78 is 45.3. The number of benzene rings is 1. The highest BCUT2D eigenvalue weighted by Crippen LogP contribution is 2.48. The molecular weight excluding hydrogens is 521 g/mol. The number of aromatic nitrogens is 2. The minimum Gasteiger partial charge on any atom is -0.477 e. The van der Waals surface area contributed by atoms with Gasteiger partial charge in [0.15, 0.2) is 0 Å². The normalized spacial score (nSPS) is 16.1. The number of ether oxygens (including phenoxy) is 1. The number of piperidine rings is 1. The van der Waals surface area contributed by atoms with Crippen molar-refractivity contribution in [3.8, 4) is 23.2 Å². The summed E-state index contributed by atoms with van der Waals surface area (Å²) >= 11 is 0. The van der Waals surface area contributed by atoms with Gasteiger partial charge in [0.1, 0.15) is 11.9 Å². The predicted molar refractivity (Wildman–Crippen MR) is 144 cm³/mol. The van der Waals surface area contributed by atoms with Gasteiger partial charge in [-0.1, -0.05) is 6.07 Å². The van der Waals surface area contributed by atoms with Crippen LogP contribution in [0.1, 0.15) is 42.9 Å². The molecule has 1 amide bonds. The first kappa shape index (κ1) is 27.4. The van der Waals surface area contributed by atoms with Crippen molar-refractivity contribution in [1.82, 2.24) is 9.97 Å². The van der Waals surface area contributed by atoms with Crippen LogP contribution in [0.15, 0.2) is 48.7 Å². The molecule has 2 N–H and O–H groups in total. The van der Waals surface area contributed by atoms with Crippen molar-refractivity contribution >= 4 is 17.4 Å². The van der Waals surface area contributed by atoms with Gasteiger partial charge in [-0.05, 0) is 56.2 Å². The Morgan fingerprint density at radius 2 is 1.98 bits per heavy atom. The number of rotatable bonds is 6. The Bertz CT molecular complexity index is 1460. The van der Waals surface area contributed by atoms with Gasteiger partial charge in [-0.2, -0.15) is 18.4 Å². The number of hydrogen-bond donors (Lipinski definition) is 1. The van der Waals surface area contributed by atoms with Crippen LogP contribution in [0.3, 0.4) is 0 Å². The van der Waals surface area contributed by atoms with E-state index in [-0.39, 0.29) is 29.9 Å². The van der Waals surface area contributed by atoms with Crippen LogP contribution in [-0.4, -0.2) is 48.7 Å². The number of nitriles is 1. The fraction of sp³-hybridized carbons (Fsp3) is 0.379. The van der Waals surface area contributed by atoms with Crippen LogP contribution in [-0.2, 0) is 16.4 Å². The molecule has 1 spiro atoms. The lowest BCUT2D eigenvalue weighted by Gasteiger charge is -2.41. The Kier molecular flexibility index (Phi) is 7.38. The number of carbonyl (C=O) groups is 1. The highest BCUT2D eigenvalue weighted by molar-refractivity contribution is 5.96. The van der Waals surface area contributed by atoms with E-state index in [4.69, 9.17) is 15.5 Å². The summed E-state index contributed by atoms with van der Waals surface area (Å²) in [6.45, 7) is 4.00. The summed E-state index contributed by atoms with van der Waals surface area (Å²) in [5.74, 6) is 0.935. The number of anilines is 2. The van der Waals surface area contributed by atoms with Gasteiger partial charge in [0.05, 0.1) is 34.7 Å². The number of fused-ring (bicyclic) bond motifs is 2. The summed E-state index contributed by atoms with van der Waals surface area (Å²) in [5.41, 5.74) is 7.28. The molecule has 0 unspecified atom stereocenters. The second-order valence-electron chi connectivity index (χ2n) is 9.98. The van der Waals surface area contributed by atoms with E-state index in [1.807, 2.05) is 36.1 Å². The fourth-order valence-electron chi connectivity index (χ4n) is 5.66. The average Bonchev–Trinajstić information content (AvgIpc) is 3.26. The molecule has 11 heteroatoms. The van der Waals surface area contributed by atoms with Crippen molar-refractivity contribution < 1.29 is 22.7 Å². The van der Waals surface area contributed by atoms with Crippen molar-refractivity contribution in [3.63, 3.8) is 0 Å². The van der Waals surface area contributed by atoms with Crippen LogP contribution < -0.4 is 20.3 Å². The van der Waals surface area contributed by atoms with E-state index in [0.29, 0.717) is 62.2 Å². The zero-order valence-electron chi connectivity index (χ0n) is 22.0. The molecule has 1 saturated heterocycles. The maximum absolute atomic E-state index is 13.2. The van der Waals surface area contributed by atoms with Crippen LogP contribution in [0.4, 0.5) is 24.7 Å². The first-order valence-electron chi connectivity index (χ1n) is 13.2. The monoisotopic (exact) mass is 550 g/mol. The molecule has 2 aromatic heterocycles. The van der Waals surface area contributed by atoms with Crippen LogP contribution in [0.2, 0.25) is 0 Å². The molecule has 3 aromatic rings. The highest BCUT2D eigenvalue weighted by atomic mass is 19.4. The Morgan fingerprint density at radius 3 is 2.65 bits per heavy atom. The third kappa shape index (κ3) is 4.95. The lowest BCUT2D eigenvalue weighted by atomic mass is 9.74. The van der Waals surface area contributed by atoms with Crippen molar-refractivity contribution in [3.05, 3.63) is 65.4 Å². The Labute approximate surface area is 230 Å². The van der Waals surface area contributed by atoms with Gasteiger partial charge < -0.3 is 15.4 Å². The first-order chi connectivity index (χ1) is 19.2. The molecule has 40 heavy (non-hydrogen) atoms. The number of nitrogens with zero attached hydrogens (tertiary/aromatic N) is 5. The molecule has 1 fully saturated rings. The molecule has 1 aromatic carbocycles. The summed E-state index contributed by atoms with van der Waals surface area (Å²) in [6, 6.07) is 12.8. The number of hydrogen-bond acceptors (Lipinski definition) is 7. The number of alkyl halides is 3. The lowest BCUT2D eigenvalue weighted by molar-refractivity contribution is -0.137. The highest BCUT2D eigenvalue weighted by Gasteiger charge is 2.47. The van der Waals surface area contributed by atoms with Gasteiger partial charge in [0.25, 0.3) is 0 Å². The second-order valence-corrected chi connectivity index (χ2v) is 9.98. The summed E-state index contributed by atoms with van der Waals surface area (Å²) in [7, 11) is 0. The maximum atomic E-state index is 13.2. The zero-order chi connectivity index (χ0) is 28.5. The summed E-state index contributed by atoms with van der Waals surface area (Å²) in [4.78, 5) is 26.1. The molecule has 5 rings (SSSR count). The lowest BCUT2D eigenvalue weighted by Crippen LogP contribution is -2.46. The molecule has 208 valence electrons. The van der Waals surface area contributed by atoms with Crippen molar-refractivity contribution in [2.75, 3.05) is 42.6 Å². The van der Waals surface area contributed by atoms with E-state index in [0.717, 1.165) is 23.3 Å². The Balaban J connectivity index is 1.47. The van der Waals surface area contributed by atoms with Crippen molar-refractivity contribution in [2.45, 2.75) is 37.8 Å². The van der Waals surface area contributed by atoms with Gasteiger partial charge in [-0.25, -0.2) is 9.97 Å². The molecule has 0 radical (unpaired) electrons. The van der Waals surface area contributed by atoms with Crippen LogP contribution in [0.5, 0.6) is 5.88 Å². The quantitative estimate of drug-likeness (QED) is 0.475. The average molecular weight is 551 g/mol. The van der Waals surface area contributed by atoms with E-state index in [1.54, 1.807) is 17.2 Å². The predicted octanol–water partition coefficient (Wildman–Crippen LogP) is 4.67. The van der Waals surface area contributed by atoms with Gasteiger partial charge in [0.2, 0.25) is 11.8 Å². The smallest absolute Gasteiger partial charge is 0.416 e. The number of nitrogens with two attached hydrogens (primary N) is 1. The van der Waals surface area contributed by atoms with Crippen LogP contribution in [0, 0.1) is 11.3 Å². The third-order valence-electron chi connectivity index (χ3n) is 7.66. The molecule has 0 saturated carbocycles. The summed E-state index contributed by atoms with van der Waals surface area (Å²) in [5, 5.41) is 9.57. The minimum absolute atomic E-state index is 0.00905. The molecule has 0 atom stereocenters. The molecule has 0 bridgehead atoms. The molecule has 2 aliphatic rings. The van der Waals surface area contributed by atoms with Gasteiger partial charge in [-0.3, -0.25) is 9.69 Å². The first-order valence-corrected chi connectivity index (χ1v) is 13.2. The van der Waals surface area contributed by atoms with E-state index in [9.17, 15) is 23.2 Å². The van der Waals surface area contributed by atoms with E-state index < -0.39 is 11.7 Å². The standard InChI is InChI=1S/C29H29F3N6O2/c1-2-40-27-21(4-3-13-35-27)23-7-6-22-26(36-23)38(25(39)9-12-33)18-28(22)10-14-37(15-11-28)24-8-5-20(29(30,31)32)16-19(24)17-34/h3-8,13,16H,2,9-12,14-15,18,33H2,1H3. The maximum Gasteiger partial charge on any atom is 0.416 e.